The van der Waals surface area contributed by atoms with Crippen LogP contribution in [-0.2, 0) is 0 Å². The van der Waals surface area contributed by atoms with Gasteiger partial charge in [-0.2, -0.15) is 0 Å². The van der Waals surface area contributed by atoms with Gasteiger partial charge in [0.2, 0.25) is 0 Å². The first kappa shape index (κ1) is 8.25. The molecule has 0 bridgehead atoms. The molecule has 0 aliphatic heterocycles. The molecule has 3 aliphatic carbocycles. The van der Waals surface area contributed by atoms with E-state index in [4.69, 9.17) is 5.73 Å². The number of hydrogen-bond acceptors (Lipinski definition) is 2. The van der Waals surface area contributed by atoms with Crippen LogP contribution < -0.4 is 5.73 Å². The van der Waals surface area contributed by atoms with Crippen LogP contribution in [-0.4, -0.2) is 17.3 Å². The molecule has 3 saturated carbocycles. The van der Waals surface area contributed by atoms with Crippen LogP contribution in [0.25, 0.3) is 0 Å². The Bertz CT molecular complexity index is 236. The summed E-state index contributed by atoms with van der Waals surface area (Å²) in [7, 11) is 0. The van der Waals surface area contributed by atoms with Crippen LogP contribution in [0.1, 0.15) is 38.5 Å². The first-order valence-electron chi connectivity index (χ1n) is 5.64. The second-order valence-corrected chi connectivity index (χ2v) is 5.40. The van der Waals surface area contributed by atoms with Crippen molar-refractivity contribution in [3.8, 4) is 0 Å². The Balaban J connectivity index is 1.87. The second kappa shape index (κ2) is 2.29. The molecule has 0 aromatic carbocycles. The Morgan fingerprint density at radius 3 is 2.69 bits per heavy atom. The molecule has 0 aromatic rings. The Morgan fingerprint density at radius 1 is 1.31 bits per heavy atom. The molecule has 2 nitrogen and oxygen atoms in total. The molecule has 0 saturated heterocycles. The van der Waals surface area contributed by atoms with E-state index < -0.39 is 0 Å². The van der Waals surface area contributed by atoms with Crippen LogP contribution in [0.2, 0.25) is 0 Å². The standard InChI is InChI=1S/C11H19NO/c12-7-10(4-5-10)11(13)3-1-2-8-6-9(8)11/h8-9,13H,1-7,12H2. The predicted octanol–water partition coefficient (Wildman–Crippen LogP) is 1.28. The summed E-state index contributed by atoms with van der Waals surface area (Å²) in [6.07, 6.45) is 7.21. The summed E-state index contributed by atoms with van der Waals surface area (Å²) in [5, 5.41) is 10.7. The lowest BCUT2D eigenvalue weighted by Crippen LogP contribution is -2.47. The molecular weight excluding hydrogens is 162 g/mol. The molecule has 0 radical (unpaired) electrons. The van der Waals surface area contributed by atoms with Gasteiger partial charge in [0.1, 0.15) is 0 Å². The van der Waals surface area contributed by atoms with Gasteiger partial charge in [-0.05, 0) is 43.9 Å². The summed E-state index contributed by atoms with van der Waals surface area (Å²) in [6.45, 7) is 0.701. The highest BCUT2D eigenvalue weighted by molar-refractivity contribution is 5.18. The summed E-state index contributed by atoms with van der Waals surface area (Å²) < 4.78 is 0. The summed E-state index contributed by atoms with van der Waals surface area (Å²) in [5.41, 5.74) is 5.59. The van der Waals surface area contributed by atoms with Crippen molar-refractivity contribution in [3.05, 3.63) is 0 Å². The molecule has 3 fully saturated rings. The molecule has 74 valence electrons. The van der Waals surface area contributed by atoms with Crippen molar-refractivity contribution < 1.29 is 5.11 Å². The predicted molar refractivity (Wildman–Crippen MR) is 51.1 cm³/mol. The molecule has 0 heterocycles. The van der Waals surface area contributed by atoms with Crippen LogP contribution in [0.15, 0.2) is 0 Å². The first-order valence-corrected chi connectivity index (χ1v) is 5.64. The van der Waals surface area contributed by atoms with Gasteiger partial charge in [-0.15, -0.1) is 0 Å². The van der Waals surface area contributed by atoms with Crippen molar-refractivity contribution in [2.45, 2.75) is 44.1 Å². The lowest BCUT2D eigenvalue weighted by molar-refractivity contribution is -0.0727. The maximum atomic E-state index is 10.7. The molecule has 0 aromatic heterocycles. The minimum Gasteiger partial charge on any atom is -0.389 e. The monoisotopic (exact) mass is 181 g/mol. The third-order valence-corrected chi connectivity index (χ3v) is 4.83. The molecule has 3 aliphatic rings. The van der Waals surface area contributed by atoms with E-state index in [9.17, 15) is 5.11 Å². The van der Waals surface area contributed by atoms with Crippen LogP contribution >= 0.6 is 0 Å². The third-order valence-electron chi connectivity index (χ3n) is 4.83. The van der Waals surface area contributed by atoms with Crippen molar-refractivity contribution in [1.82, 2.24) is 0 Å². The maximum absolute atomic E-state index is 10.7. The van der Waals surface area contributed by atoms with Crippen molar-refractivity contribution in [3.63, 3.8) is 0 Å². The summed E-state index contributed by atoms with van der Waals surface area (Å²) in [4.78, 5) is 0. The van der Waals surface area contributed by atoms with E-state index >= 15 is 0 Å². The Labute approximate surface area is 79.5 Å². The molecule has 3 unspecified atom stereocenters. The van der Waals surface area contributed by atoms with Gasteiger partial charge in [0.25, 0.3) is 0 Å². The molecule has 13 heavy (non-hydrogen) atoms. The summed E-state index contributed by atoms with van der Waals surface area (Å²) in [5.74, 6) is 1.47. The maximum Gasteiger partial charge on any atom is 0.0746 e. The third kappa shape index (κ3) is 0.909. The highest BCUT2D eigenvalue weighted by Gasteiger charge is 2.67. The fourth-order valence-corrected chi connectivity index (χ4v) is 3.59. The molecular formula is C11H19NO. The minimum atomic E-state index is -0.356. The van der Waals surface area contributed by atoms with E-state index in [2.05, 4.69) is 0 Å². The van der Waals surface area contributed by atoms with Crippen molar-refractivity contribution in [1.29, 1.82) is 0 Å². The smallest absolute Gasteiger partial charge is 0.0746 e. The Hall–Kier alpha value is -0.0800. The minimum absolute atomic E-state index is 0.146. The van der Waals surface area contributed by atoms with Gasteiger partial charge in [-0.3, -0.25) is 0 Å². The van der Waals surface area contributed by atoms with E-state index in [-0.39, 0.29) is 11.0 Å². The van der Waals surface area contributed by atoms with Gasteiger partial charge < -0.3 is 10.8 Å². The molecule has 3 N–H and O–H groups in total. The van der Waals surface area contributed by atoms with Crippen molar-refractivity contribution >= 4 is 0 Å². The topological polar surface area (TPSA) is 46.2 Å². The summed E-state index contributed by atoms with van der Waals surface area (Å²) in [6, 6.07) is 0. The Kier molecular flexibility index (Phi) is 1.45. The zero-order valence-corrected chi connectivity index (χ0v) is 8.13. The Morgan fingerprint density at radius 2 is 2.08 bits per heavy atom. The first-order chi connectivity index (χ1) is 6.22. The largest absolute Gasteiger partial charge is 0.389 e. The van der Waals surface area contributed by atoms with Crippen LogP contribution in [0, 0.1) is 17.3 Å². The van der Waals surface area contributed by atoms with E-state index in [1.54, 1.807) is 0 Å². The van der Waals surface area contributed by atoms with Crippen molar-refractivity contribution in [2.24, 2.45) is 23.0 Å². The lowest BCUT2D eigenvalue weighted by atomic mass is 9.73. The van der Waals surface area contributed by atoms with Gasteiger partial charge in [0.15, 0.2) is 0 Å². The van der Waals surface area contributed by atoms with Gasteiger partial charge in [-0.1, -0.05) is 6.42 Å². The van der Waals surface area contributed by atoms with E-state index in [1.807, 2.05) is 0 Å². The fraction of sp³-hybridized carbons (Fsp3) is 1.00. The zero-order chi connectivity index (χ0) is 9.10. The average Bonchev–Trinajstić information content (AvgIpc) is 3.00. The van der Waals surface area contributed by atoms with Gasteiger partial charge in [0, 0.05) is 12.0 Å². The van der Waals surface area contributed by atoms with Crippen LogP contribution in [0.4, 0.5) is 0 Å². The van der Waals surface area contributed by atoms with E-state index in [0.717, 1.165) is 12.3 Å². The van der Waals surface area contributed by atoms with Crippen LogP contribution in [0.5, 0.6) is 0 Å². The number of hydrogen-bond donors (Lipinski definition) is 2. The SMILES string of the molecule is NCC1(C2(O)CCCC3CC32)CC1. The fourth-order valence-electron chi connectivity index (χ4n) is 3.59. The number of rotatable bonds is 2. The zero-order valence-electron chi connectivity index (χ0n) is 8.13. The van der Waals surface area contributed by atoms with Crippen LogP contribution in [0.3, 0.4) is 0 Å². The lowest BCUT2D eigenvalue weighted by Gasteiger charge is -2.39. The van der Waals surface area contributed by atoms with E-state index in [1.165, 1.54) is 32.1 Å². The molecule has 3 rings (SSSR count). The summed E-state index contributed by atoms with van der Waals surface area (Å²) >= 11 is 0. The molecule has 3 atom stereocenters. The average molecular weight is 181 g/mol. The van der Waals surface area contributed by atoms with Gasteiger partial charge in [0.05, 0.1) is 5.60 Å². The van der Waals surface area contributed by atoms with Gasteiger partial charge in [-0.25, -0.2) is 0 Å². The van der Waals surface area contributed by atoms with Gasteiger partial charge >= 0.3 is 0 Å². The molecule has 0 amide bonds. The highest BCUT2D eigenvalue weighted by Crippen LogP contribution is 2.67. The molecule has 2 heteroatoms. The number of aliphatic hydroxyl groups is 1. The van der Waals surface area contributed by atoms with E-state index in [0.29, 0.717) is 12.5 Å². The van der Waals surface area contributed by atoms with Crippen molar-refractivity contribution in [2.75, 3.05) is 6.54 Å². The molecule has 0 spiro atoms. The number of nitrogens with two attached hydrogens (primary N) is 1. The second-order valence-electron chi connectivity index (χ2n) is 5.40. The highest BCUT2D eigenvalue weighted by atomic mass is 16.3. The normalized spacial score (nSPS) is 51.2. The quantitative estimate of drug-likeness (QED) is 0.674. The number of fused-ring (bicyclic) bond motifs is 1.